The summed E-state index contributed by atoms with van der Waals surface area (Å²) in [4.78, 5) is 50.3. The Kier molecular flexibility index (Phi) is 7.23. The summed E-state index contributed by atoms with van der Waals surface area (Å²) in [5.74, 6) is -1.17. The number of nitrogen functional groups attached to an aromatic ring is 1. The second-order valence-electron chi connectivity index (χ2n) is 8.32. The highest BCUT2D eigenvalue weighted by Gasteiger charge is 2.41. The van der Waals surface area contributed by atoms with Crippen LogP contribution < -0.4 is 11.3 Å². The fourth-order valence-corrected chi connectivity index (χ4v) is 4.25. The molecule has 13 heteroatoms. The molecule has 0 radical (unpaired) electrons. The van der Waals surface area contributed by atoms with Crippen molar-refractivity contribution in [3.05, 3.63) is 92.6 Å². The van der Waals surface area contributed by atoms with Gasteiger partial charge in [0.25, 0.3) is 5.56 Å². The second kappa shape index (κ2) is 10.7. The molecule has 0 unspecified atom stereocenters. The summed E-state index contributed by atoms with van der Waals surface area (Å²) >= 11 is 11.8. The molecule has 0 amide bonds. The normalized spacial score (nSPS) is 18.8. The molecule has 1 aliphatic heterocycles. The first kappa shape index (κ1) is 25.6. The molecule has 0 bridgehead atoms. The number of nitrogens with zero attached hydrogens (tertiary/aromatic N) is 4. The van der Waals surface area contributed by atoms with Crippen molar-refractivity contribution in [1.29, 1.82) is 0 Å². The number of rotatable bonds is 6. The van der Waals surface area contributed by atoms with Gasteiger partial charge in [0.05, 0.1) is 17.3 Å². The summed E-state index contributed by atoms with van der Waals surface area (Å²) in [5, 5.41) is 0.931. The lowest BCUT2D eigenvalue weighted by Gasteiger charge is -2.19. The van der Waals surface area contributed by atoms with E-state index >= 15 is 0 Å². The van der Waals surface area contributed by atoms with Gasteiger partial charge in [-0.05, 0) is 48.5 Å². The van der Waals surface area contributed by atoms with Gasteiger partial charge in [-0.25, -0.2) is 24.5 Å². The van der Waals surface area contributed by atoms with Crippen LogP contribution in [0.3, 0.4) is 0 Å². The second-order valence-corrected chi connectivity index (χ2v) is 9.19. The van der Waals surface area contributed by atoms with Crippen LogP contribution in [0.4, 0.5) is 5.82 Å². The lowest BCUT2D eigenvalue weighted by Crippen LogP contribution is -2.32. The molecule has 4 aromatic rings. The number of hydrogen-bond acceptors (Lipinski definition) is 10. The Morgan fingerprint density at radius 2 is 1.61 bits per heavy atom. The number of esters is 2. The predicted molar refractivity (Wildman–Crippen MR) is 137 cm³/mol. The van der Waals surface area contributed by atoms with Crippen molar-refractivity contribution in [3.63, 3.8) is 0 Å². The van der Waals surface area contributed by atoms with Crippen molar-refractivity contribution < 1.29 is 23.8 Å². The average molecular weight is 556 g/mol. The van der Waals surface area contributed by atoms with Gasteiger partial charge in [0.2, 0.25) is 0 Å². The van der Waals surface area contributed by atoms with E-state index in [1.807, 2.05) is 0 Å². The molecule has 5 rings (SSSR count). The molecule has 0 spiro atoms. The van der Waals surface area contributed by atoms with E-state index in [9.17, 15) is 14.4 Å². The van der Waals surface area contributed by atoms with Crippen LogP contribution in [0.15, 0.2) is 65.8 Å². The third-order valence-corrected chi connectivity index (χ3v) is 6.37. The van der Waals surface area contributed by atoms with Gasteiger partial charge < -0.3 is 19.9 Å². The smallest absolute Gasteiger partial charge is 0.338 e. The van der Waals surface area contributed by atoms with Gasteiger partial charge in [-0.3, -0.25) is 9.36 Å². The molecule has 0 aliphatic carbocycles. The Balaban J connectivity index is 1.41. The van der Waals surface area contributed by atoms with E-state index < -0.39 is 35.9 Å². The Hall–Kier alpha value is -4.06. The Morgan fingerprint density at radius 1 is 0.974 bits per heavy atom. The number of ether oxygens (including phenoxy) is 3. The van der Waals surface area contributed by atoms with Crippen molar-refractivity contribution in [3.8, 4) is 0 Å². The summed E-state index contributed by atoms with van der Waals surface area (Å²) in [6.07, 6.45) is -0.366. The minimum atomic E-state index is -0.926. The van der Waals surface area contributed by atoms with E-state index in [-0.39, 0.29) is 41.1 Å². The Bertz CT molecular complexity index is 1560. The Labute approximate surface area is 225 Å². The number of benzene rings is 2. The topological polar surface area (TPSA) is 149 Å². The van der Waals surface area contributed by atoms with Crippen LogP contribution in [0.2, 0.25) is 10.0 Å². The average Bonchev–Trinajstić information content (AvgIpc) is 3.29. The third-order valence-electron chi connectivity index (χ3n) is 5.87. The lowest BCUT2D eigenvalue weighted by molar-refractivity contribution is -0.0570. The number of carbonyl (C=O) groups excluding carboxylic acids is 2. The highest BCUT2D eigenvalue weighted by Crippen LogP contribution is 2.33. The molecule has 2 aromatic heterocycles. The van der Waals surface area contributed by atoms with Gasteiger partial charge in [0.15, 0.2) is 11.5 Å². The molecule has 194 valence electrons. The molecule has 2 aromatic carbocycles. The minimum Gasteiger partial charge on any atom is -0.459 e. The SMILES string of the molecule is Nc1ncnc2c1ncc(=O)n2[C@H]1C[C@H](OC(=O)c2ccc(Cl)cc2)[C@@H](COC(=O)c2ccc(Cl)cc2)O1. The first-order valence-corrected chi connectivity index (χ1v) is 12.1. The number of hydrogen-bond donors (Lipinski definition) is 1. The fourth-order valence-electron chi connectivity index (χ4n) is 4.00. The van der Waals surface area contributed by atoms with E-state index in [2.05, 4.69) is 15.0 Å². The standard InChI is InChI=1S/C25H19Cl2N5O6/c26-15-5-1-13(2-6-15)24(34)36-11-18-17(38-25(35)14-3-7-16(27)8-4-14)9-20(37-18)32-19(33)10-29-21-22(28)30-12-31-23(21)32/h1-8,10,12,17-18,20H,9,11H2,(H2,28,30,31)/t17-,18+,20+/m0/s1. The van der Waals surface area contributed by atoms with Gasteiger partial charge in [0.1, 0.15) is 36.9 Å². The molecule has 11 nitrogen and oxygen atoms in total. The first-order valence-electron chi connectivity index (χ1n) is 11.3. The molecule has 1 aliphatic rings. The van der Waals surface area contributed by atoms with Crippen molar-refractivity contribution in [1.82, 2.24) is 19.5 Å². The van der Waals surface area contributed by atoms with Crippen molar-refractivity contribution in [2.24, 2.45) is 0 Å². The van der Waals surface area contributed by atoms with Gasteiger partial charge in [-0.2, -0.15) is 0 Å². The maximum Gasteiger partial charge on any atom is 0.338 e. The maximum absolute atomic E-state index is 12.9. The summed E-state index contributed by atoms with van der Waals surface area (Å²) in [6, 6.07) is 12.3. The van der Waals surface area contributed by atoms with Crippen LogP contribution in [0.1, 0.15) is 33.4 Å². The van der Waals surface area contributed by atoms with Gasteiger partial charge >= 0.3 is 11.9 Å². The molecule has 1 fully saturated rings. The number of carbonyl (C=O) groups is 2. The zero-order valence-corrected chi connectivity index (χ0v) is 21.0. The van der Waals surface area contributed by atoms with E-state index in [0.717, 1.165) is 6.20 Å². The molecule has 3 heterocycles. The molecule has 1 saturated heterocycles. The van der Waals surface area contributed by atoms with Crippen molar-refractivity contribution in [2.45, 2.75) is 24.9 Å². The Morgan fingerprint density at radius 3 is 2.26 bits per heavy atom. The maximum atomic E-state index is 12.9. The fraction of sp³-hybridized carbons (Fsp3) is 0.200. The van der Waals surface area contributed by atoms with Crippen LogP contribution in [-0.4, -0.2) is 50.3 Å². The largest absolute Gasteiger partial charge is 0.459 e. The predicted octanol–water partition coefficient (Wildman–Crippen LogP) is 3.45. The number of halogens is 2. The molecule has 2 N–H and O–H groups in total. The van der Waals surface area contributed by atoms with Crippen LogP contribution >= 0.6 is 23.2 Å². The first-order chi connectivity index (χ1) is 18.3. The number of nitrogens with two attached hydrogens (primary N) is 1. The summed E-state index contributed by atoms with van der Waals surface area (Å²) in [7, 11) is 0. The number of anilines is 1. The number of aromatic nitrogens is 4. The zero-order chi connectivity index (χ0) is 26.8. The van der Waals surface area contributed by atoms with Crippen molar-refractivity contribution in [2.75, 3.05) is 12.3 Å². The molecular weight excluding hydrogens is 537 g/mol. The van der Waals surface area contributed by atoms with E-state index in [1.165, 1.54) is 35.2 Å². The van der Waals surface area contributed by atoms with Gasteiger partial charge in [0, 0.05) is 16.5 Å². The highest BCUT2D eigenvalue weighted by atomic mass is 35.5. The van der Waals surface area contributed by atoms with Crippen LogP contribution in [0.5, 0.6) is 0 Å². The van der Waals surface area contributed by atoms with E-state index in [4.69, 9.17) is 43.1 Å². The number of fused-ring (bicyclic) bond motifs is 1. The van der Waals surface area contributed by atoms with Gasteiger partial charge in [-0.1, -0.05) is 23.2 Å². The quantitative estimate of drug-likeness (QED) is 0.350. The summed E-state index contributed by atoms with van der Waals surface area (Å²) in [6.45, 7) is -0.259. The van der Waals surface area contributed by atoms with E-state index in [0.29, 0.717) is 10.0 Å². The van der Waals surface area contributed by atoms with Crippen LogP contribution in [-0.2, 0) is 14.2 Å². The lowest BCUT2D eigenvalue weighted by atomic mass is 10.1. The van der Waals surface area contributed by atoms with Crippen LogP contribution in [0, 0.1) is 0 Å². The van der Waals surface area contributed by atoms with Crippen molar-refractivity contribution >= 4 is 52.1 Å². The molecule has 0 saturated carbocycles. The van der Waals surface area contributed by atoms with E-state index in [1.54, 1.807) is 24.3 Å². The monoisotopic (exact) mass is 555 g/mol. The summed E-state index contributed by atoms with van der Waals surface area (Å²) in [5.41, 5.74) is 6.29. The van der Waals surface area contributed by atoms with Gasteiger partial charge in [-0.15, -0.1) is 0 Å². The highest BCUT2D eigenvalue weighted by molar-refractivity contribution is 6.31. The third kappa shape index (κ3) is 5.30. The minimum absolute atomic E-state index is 0.0609. The molecule has 3 atom stereocenters. The zero-order valence-electron chi connectivity index (χ0n) is 19.5. The summed E-state index contributed by atoms with van der Waals surface area (Å²) < 4.78 is 18.5. The molecular formula is C25H19Cl2N5O6. The van der Waals surface area contributed by atoms with Crippen LogP contribution in [0.25, 0.3) is 11.2 Å². The molecule has 38 heavy (non-hydrogen) atoms.